The third-order valence-electron chi connectivity index (χ3n) is 2.46. The molecule has 0 aromatic heterocycles. The van der Waals surface area contributed by atoms with Gasteiger partial charge in [0.25, 0.3) is 0 Å². The summed E-state index contributed by atoms with van der Waals surface area (Å²) < 4.78 is 25.7. The van der Waals surface area contributed by atoms with Crippen molar-refractivity contribution >= 4 is 21.7 Å². The second kappa shape index (κ2) is 5.84. The van der Waals surface area contributed by atoms with Gasteiger partial charge in [0.05, 0.1) is 9.82 Å². The van der Waals surface area contributed by atoms with Crippen molar-refractivity contribution in [3.8, 4) is 5.75 Å². The molecule has 9 nitrogen and oxygen atoms in total. The molecule has 0 saturated heterocycles. The van der Waals surface area contributed by atoms with Crippen molar-refractivity contribution in [2.24, 2.45) is 0 Å². The van der Waals surface area contributed by atoms with E-state index in [4.69, 9.17) is 5.11 Å². The van der Waals surface area contributed by atoms with E-state index in [2.05, 4.69) is 0 Å². The first-order valence-corrected chi connectivity index (χ1v) is 6.90. The Hall–Kier alpha value is -2.20. The Morgan fingerprint density at radius 3 is 2.55 bits per heavy atom. The molecule has 1 aromatic carbocycles. The van der Waals surface area contributed by atoms with Crippen molar-refractivity contribution in [2.45, 2.75) is 24.3 Å². The van der Waals surface area contributed by atoms with Crippen molar-refractivity contribution in [1.29, 1.82) is 0 Å². The molecule has 0 unspecified atom stereocenters. The summed E-state index contributed by atoms with van der Waals surface area (Å²) >= 11 is 0. The first-order chi connectivity index (χ1) is 9.19. The van der Waals surface area contributed by atoms with Gasteiger partial charge in [0.15, 0.2) is 5.75 Å². The van der Waals surface area contributed by atoms with Crippen molar-refractivity contribution in [1.82, 2.24) is 4.72 Å². The maximum atomic E-state index is 11.9. The van der Waals surface area contributed by atoms with Gasteiger partial charge in [-0.3, -0.25) is 14.9 Å². The number of nitro groups is 1. The SMILES string of the molecule is CC[C@H](NS(=O)(=O)c1ccc(O)c([N+](=O)[O-])c1)C(=O)O. The van der Waals surface area contributed by atoms with Crippen LogP contribution in [0.5, 0.6) is 5.75 Å². The van der Waals surface area contributed by atoms with E-state index in [1.165, 1.54) is 6.92 Å². The molecule has 0 amide bonds. The van der Waals surface area contributed by atoms with Crippen LogP contribution in [0.25, 0.3) is 0 Å². The third kappa shape index (κ3) is 3.42. The second-order valence-corrected chi connectivity index (χ2v) is 5.54. The Morgan fingerprint density at radius 1 is 1.50 bits per heavy atom. The molecule has 0 fully saturated rings. The summed E-state index contributed by atoms with van der Waals surface area (Å²) in [7, 11) is -4.24. The summed E-state index contributed by atoms with van der Waals surface area (Å²) in [6, 6.07) is 1.12. The van der Waals surface area contributed by atoms with Gasteiger partial charge in [-0.15, -0.1) is 0 Å². The van der Waals surface area contributed by atoms with Crippen LogP contribution in [0.2, 0.25) is 0 Å². The maximum Gasteiger partial charge on any atom is 0.321 e. The molecule has 0 saturated carbocycles. The fourth-order valence-electron chi connectivity index (χ4n) is 1.38. The summed E-state index contributed by atoms with van der Waals surface area (Å²) in [5.41, 5.74) is -0.781. The molecule has 1 atom stereocenters. The van der Waals surface area contributed by atoms with Crippen LogP contribution in [0.1, 0.15) is 13.3 Å². The Kier molecular flexibility index (Phi) is 4.63. The van der Waals surface area contributed by atoms with Crippen LogP contribution in [0.4, 0.5) is 5.69 Å². The lowest BCUT2D eigenvalue weighted by Crippen LogP contribution is -2.40. The molecule has 0 aliphatic rings. The van der Waals surface area contributed by atoms with E-state index in [1.54, 1.807) is 0 Å². The quantitative estimate of drug-likeness (QED) is 0.510. The molecule has 0 bridgehead atoms. The predicted octanol–water partition coefficient (Wildman–Crippen LogP) is 0.442. The van der Waals surface area contributed by atoms with Gasteiger partial charge < -0.3 is 10.2 Å². The fraction of sp³-hybridized carbons (Fsp3) is 0.300. The molecule has 20 heavy (non-hydrogen) atoms. The van der Waals surface area contributed by atoms with Crippen LogP contribution < -0.4 is 4.72 Å². The summed E-state index contributed by atoms with van der Waals surface area (Å²) in [5.74, 6) is -2.04. The van der Waals surface area contributed by atoms with E-state index in [0.717, 1.165) is 12.1 Å². The smallest absolute Gasteiger partial charge is 0.321 e. The van der Waals surface area contributed by atoms with Gasteiger partial charge in [0, 0.05) is 6.07 Å². The molecular formula is C10H12N2O7S. The largest absolute Gasteiger partial charge is 0.502 e. The van der Waals surface area contributed by atoms with Gasteiger partial charge in [0.1, 0.15) is 6.04 Å². The average molecular weight is 304 g/mol. The number of aromatic hydroxyl groups is 1. The molecule has 1 aromatic rings. The molecule has 0 heterocycles. The summed E-state index contributed by atoms with van der Waals surface area (Å²) in [6.07, 6.45) is 0.00867. The topological polar surface area (TPSA) is 147 Å². The van der Waals surface area contributed by atoms with Gasteiger partial charge >= 0.3 is 11.7 Å². The zero-order valence-corrected chi connectivity index (χ0v) is 11.1. The van der Waals surface area contributed by atoms with Crippen molar-refractivity contribution in [3.63, 3.8) is 0 Å². The number of rotatable bonds is 6. The molecule has 0 radical (unpaired) electrons. The van der Waals surface area contributed by atoms with Crippen molar-refractivity contribution in [2.75, 3.05) is 0 Å². The number of carbonyl (C=O) groups is 1. The van der Waals surface area contributed by atoms with E-state index in [1.807, 2.05) is 4.72 Å². The number of phenolic OH excluding ortho intramolecular Hbond substituents is 1. The highest BCUT2D eigenvalue weighted by Crippen LogP contribution is 2.28. The molecule has 0 aliphatic carbocycles. The lowest BCUT2D eigenvalue weighted by atomic mass is 10.2. The standard InChI is InChI=1S/C10H12N2O7S/c1-2-7(10(14)15)11-20(18,19)6-3-4-9(13)8(5-6)12(16)17/h3-5,7,11,13H,2H2,1H3,(H,14,15)/t7-/m0/s1. The molecular weight excluding hydrogens is 292 g/mol. The van der Waals surface area contributed by atoms with Crippen LogP contribution in [0.3, 0.4) is 0 Å². The van der Waals surface area contributed by atoms with Crippen LogP contribution >= 0.6 is 0 Å². The van der Waals surface area contributed by atoms with Crippen LogP contribution in [-0.2, 0) is 14.8 Å². The number of nitrogens with zero attached hydrogens (tertiary/aromatic N) is 1. The highest BCUT2D eigenvalue weighted by Gasteiger charge is 2.26. The normalized spacial score (nSPS) is 12.8. The van der Waals surface area contributed by atoms with E-state index in [-0.39, 0.29) is 6.42 Å². The monoisotopic (exact) mass is 304 g/mol. The summed E-state index contributed by atoms with van der Waals surface area (Å²) in [5, 5.41) is 28.7. The number of sulfonamides is 1. The number of phenols is 1. The van der Waals surface area contributed by atoms with Gasteiger partial charge in [0.2, 0.25) is 10.0 Å². The zero-order valence-electron chi connectivity index (χ0n) is 10.3. The number of nitro benzene ring substituents is 1. The van der Waals surface area contributed by atoms with Crippen LogP contribution in [-0.4, -0.2) is 35.6 Å². The molecule has 110 valence electrons. The number of hydrogen-bond donors (Lipinski definition) is 3. The molecule has 1 rings (SSSR count). The number of benzene rings is 1. The number of aliphatic carboxylic acids is 1. The van der Waals surface area contributed by atoms with Crippen LogP contribution in [0.15, 0.2) is 23.1 Å². The predicted molar refractivity (Wildman–Crippen MR) is 66.8 cm³/mol. The summed E-state index contributed by atoms with van der Waals surface area (Å²) in [6.45, 7) is 1.47. The molecule has 10 heteroatoms. The lowest BCUT2D eigenvalue weighted by Gasteiger charge is -2.12. The minimum Gasteiger partial charge on any atom is -0.502 e. The minimum absolute atomic E-state index is 0.00867. The Morgan fingerprint density at radius 2 is 2.10 bits per heavy atom. The number of carboxylic acid groups (broad SMARTS) is 1. The van der Waals surface area contributed by atoms with Crippen LogP contribution in [0, 0.1) is 10.1 Å². The van der Waals surface area contributed by atoms with E-state index >= 15 is 0 Å². The van der Waals surface area contributed by atoms with Gasteiger partial charge in [-0.1, -0.05) is 6.92 Å². The molecule has 0 aliphatic heterocycles. The van der Waals surface area contributed by atoms with Gasteiger partial charge in [-0.25, -0.2) is 8.42 Å². The highest BCUT2D eigenvalue weighted by molar-refractivity contribution is 7.89. The van der Waals surface area contributed by atoms with E-state index < -0.39 is 43.3 Å². The first kappa shape index (κ1) is 15.9. The lowest BCUT2D eigenvalue weighted by molar-refractivity contribution is -0.386. The van der Waals surface area contributed by atoms with Crippen molar-refractivity contribution < 1.29 is 28.3 Å². The van der Waals surface area contributed by atoms with Crippen molar-refractivity contribution in [3.05, 3.63) is 28.3 Å². The number of hydrogen-bond acceptors (Lipinski definition) is 6. The Labute approximate surface area is 114 Å². The van der Waals surface area contributed by atoms with E-state index in [9.17, 15) is 28.4 Å². The van der Waals surface area contributed by atoms with Gasteiger partial charge in [-0.2, -0.15) is 4.72 Å². The molecule has 3 N–H and O–H groups in total. The number of carboxylic acids is 1. The highest BCUT2D eigenvalue weighted by atomic mass is 32.2. The second-order valence-electron chi connectivity index (χ2n) is 3.83. The minimum atomic E-state index is -4.24. The van der Waals surface area contributed by atoms with E-state index in [0.29, 0.717) is 6.07 Å². The van der Waals surface area contributed by atoms with Gasteiger partial charge in [-0.05, 0) is 18.6 Å². The average Bonchev–Trinajstić information content (AvgIpc) is 2.35. The maximum absolute atomic E-state index is 11.9. The third-order valence-corrected chi connectivity index (χ3v) is 3.93. The number of nitrogens with one attached hydrogen (secondary N) is 1. The fourth-order valence-corrected chi connectivity index (χ4v) is 2.67. The Balaban J connectivity index is 3.19. The zero-order chi connectivity index (χ0) is 15.5. The summed E-state index contributed by atoms with van der Waals surface area (Å²) in [4.78, 5) is 20.0. The Bertz CT molecular complexity index is 641. The molecule has 0 spiro atoms. The first-order valence-electron chi connectivity index (χ1n) is 5.41.